The molecule has 1 rings (SSSR count). The van der Waals surface area contributed by atoms with Crippen LogP contribution in [0.25, 0.3) is 0 Å². The summed E-state index contributed by atoms with van der Waals surface area (Å²) in [5, 5.41) is 11.5. The average Bonchev–Trinajstić information content (AvgIpc) is 2.61. The van der Waals surface area contributed by atoms with Gasteiger partial charge in [-0.3, -0.25) is 4.79 Å². The summed E-state index contributed by atoms with van der Waals surface area (Å²) in [4.78, 5) is 16.2. The van der Waals surface area contributed by atoms with Crippen LogP contribution in [0.3, 0.4) is 0 Å². The van der Waals surface area contributed by atoms with Gasteiger partial charge >= 0.3 is 0 Å². The van der Waals surface area contributed by atoms with Gasteiger partial charge in [0.2, 0.25) is 0 Å². The molecular weight excluding hydrogens is 210 g/mol. The van der Waals surface area contributed by atoms with Gasteiger partial charge in [0.15, 0.2) is 0 Å². The molecule has 15 heavy (non-hydrogen) atoms. The first-order chi connectivity index (χ1) is 6.96. The molecule has 5 heteroatoms. The minimum Gasteiger partial charge on any atom is -0.350 e. The normalized spacial score (nSPS) is 10.8. The fourth-order valence-electron chi connectivity index (χ4n) is 0.941. The first-order valence-corrected chi connectivity index (χ1v) is 5.44. The number of hydrogen-bond donors (Lipinski definition) is 1. The highest BCUT2D eigenvalue weighted by molar-refractivity contribution is 7.11. The van der Waals surface area contributed by atoms with Crippen LogP contribution in [-0.4, -0.2) is 17.4 Å². The lowest BCUT2D eigenvalue weighted by molar-refractivity contribution is 0.0947. The molecule has 0 aromatic carbocycles. The number of hydrogen-bond acceptors (Lipinski definition) is 4. The lowest BCUT2D eigenvalue weighted by Crippen LogP contribution is -2.33. The molecule has 0 unspecified atom stereocenters. The molecule has 0 radical (unpaired) electrons. The minimum absolute atomic E-state index is 0.154. The van der Waals surface area contributed by atoms with Crippen LogP contribution in [0.5, 0.6) is 0 Å². The number of nitriles is 1. The Morgan fingerprint density at radius 2 is 2.40 bits per heavy atom. The SMILES string of the molecule is Cc1ncsc1C(=O)NCC(C)(C)C#N. The van der Waals surface area contributed by atoms with Crippen LogP contribution in [0, 0.1) is 23.7 Å². The van der Waals surface area contributed by atoms with E-state index in [1.807, 2.05) is 0 Å². The maximum atomic E-state index is 11.6. The van der Waals surface area contributed by atoms with E-state index in [0.29, 0.717) is 11.4 Å². The van der Waals surface area contributed by atoms with Gasteiger partial charge in [0.1, 0.15) is 4.88 Å². The molecule has 0 atom stereocenters. The molecule has 1 aromatic heterocycles. The summed E-state index contributed by atoms with van der Waals surface area (Å²) in [5.41, 5.74) is 1.83. The maximum Gasteiger partial charge on any atom is 0.263 e. The molecule has 0 bridgehead atoms. The van der Waals surface area contributed by atoms with Crippen LogP contribution in [0.1, 0.15) is 29.2 Å². The second kappa shape index (κ2) is 4.41. The van der Waals surface area contributed by atoms with E-state index in [0.717, 1.165) is 5.69 Å². The van der Waals surface area contributed by atoms with E-state index in [1.165, 1.54) is 11.3 Å². The van der Waals surface area contributed by atoms with Gasteiger partial charge < -0.3 is 5.32 Å². The number of aromatic nitrogens is 1. The minimum atomic E-state index is -0.533. The Balaban J connectivity index is 2.59. The number of nitrogens with one attached hydrogen (secondary N) is 1. The Bertz CT molecular complexity index is 403. The van der Waals surface area contributed by atoms with Gasteiger partial charge in [-0.1, -0.05) is 0 Å². The van der Waals surface area contributed by atoms with Crippen LogP contribution in [-0.2, 0) is 0 Å². The van der Waals surface area contributed by atoms with Gasteiger partial charge in [0.25, 0.3) is 5.91 Å². The van der Waals surface area contributed by atoms with Crippen LogP contribution < -0.4 is 5.32 Å². The fraction of sp³-hybridized carbons (Fsp3) is 0.500. The van der Waals surface area contributed by atoms with E-state index < -0.39 is 5.41 Å². The second-order valence-corrected chi connectivity index (χ2v) is 4.80. The monoisotopic (exact) mass is 223 g/mol. The molecule has 4 nitrogen and oxygen atoms in total. The van der Waals surface area contributed by atoms with Gasteiger partial charge in [-0.25, -0.2) is 4.98 Å². The maximum absolute atomic E-state index is 11.6. The zero-order valence-electron chi connectivity index (χ0n) is 9.00. The molecule has 0 spiro atoms. The van der Waals surface area contributed by atoms with Crippen molar-refractivity contribution >= 4 is 17.2 Å². The van der Waals surface area contributed by atoms with Crippen molar-refractivity contribution in [2.75, 3.05) is 6.54 Å². The van der Waals surface area contributed by atoms with E-state index in [2.05, 4.69) is 16.4 Å². The number of rotatable bonds is 3. The third-order valence-corrected chi connectivity index (χ3v) is 2.87. The lowest BCUT2D eigenvalue weighted by Gasteiger charge is -2.15. The smallest absolute Gasteiger partial charge is 0.263 e. The van der Waals surface area contributed by atoms with Crippen LogP contribution in [0.4, 0.5) is 0 Å². The lowest BCUT2D eigenvalue weighted by atomic mass is 9.96. The highest BCUT2D eigenvalue weighted by Gasteiger charge is 2.19. The molecule has 0 aliphatic heterocycles. The largest absolute Gasteiger partial charge is 0.350 e. The van der Waals surface area contributed by atoms with Gasteiger partial charge in [-0.2, -0.15) is 5.26 Å². The summed E-state index contributed by atoms with van der Waals surface area (Å²) in [7, 11) is 0. The fourth-order valence-corrected chi connectivity index (χ4v) is 1.66. The van der Waals surface area contributed by atoms with E-state index in [1.54, 1.807) is 26.3 Å². The Hall–Kier alpha value is -1.41. The number of amides is 1. The molecule has 0 saturated carbocycles. The molecular formula is C10H13N3OS. The molecule has 1 heterocycles. The quantitative estimate of drug-likeness (QED) is 0.848. The van der Waals surface area contributed by atoms with Crippen molar-refractivity contribution in [3.8, 4) is 6.07 Å². The summed E-state index contributed by atoms with van der Waals surface area (Å²) >= 11 is 1.31. The van der Waals surface area contributed by atoms with E-state index >= 15 is 0 Å². The zero-order chi connectivity index (χ0) is 11.5. The van der Waals surface area contributed by atoms with Crippen molar-refractivity contribution in [3.63, 3.8) is 0 Å². The average molecular weight is 223 g/mol. The Labute approximate surface area is 92.9 Å². The summed E-state index contributed by atoms with van der Waals surface area (Å²) in [5.74, 6) is -0.154. The third-order valence-electron chi connectivity index (χ3n) is 1.95. The zero-order valence-corrected chi connectivity index (χ0v) is 9.81. The number of nitrogens with zero attached hydrogens (tertiary/aromatic N) is 2. The van der Waals surface area contributed by atoms with Gasteiger partial charge in [-0.05, 0) is 20.8 Å². The second-order valence-electron chi connectivity index (χ2n) is 3.95. The Kier molecular flexibility index (Phi) is 3.43. The predicted molar refractivity (Wildman–Crippen MR) is 58.6 cm³/mol. The molecule has 0 aliphatic rings. The van der Waals surface area contributed by atoms with E-state index in [4.69, 9.17) is 5.26 Å². The molecule has 0 saturated heterocycles. The van der Waals surface area contributed by atoms with Crippen molar-refractivity contribution in [2.45, 2.75) is 20.8 Å². The van der Waals surface area contributed by atoms with Gasteiger partial charge in [-0.15, -0.1) is 11.3 Å². The summed E-state index contributed by atoms with van der Waals surface area (Å²) in [6.45, 7) is 5.71. The highest BCUT2D eigenvalue weighted by Crippen LogP contribution is 2.14. The van der Waals surface area contributed by atoms with E-state index in [9.17, 15) is 4.79 Å². The van der Waals surface area contributed by atoms with Gasteiger partial charge in [0.05, 0.1) is 22.7 Å². The standard InChI is InChI=1S/C10H13N3OS/c1-7-8(15-6-13-7)9(14)12-5-10(2,3)4-11/h6H,5H2,1-3H3,(H,12,14). The number of aryl methyl sites for hydroxylation is 1. The topological polar surface area (TPSA) is 65.8 Å². The summed E-state index contributed by atoms with van der Waals surface area (Å²) in [6, 6.07) is 2.13. The summed E-state index contributed by atoms with van der Waals surface area (Å²) < 4.78 is 0. The Morgan fingerprint density at radius 3 is 2.87 bits per heavy atom. The first-order valence-electron chi connectivity index (χ1n) is 4.56. The molecule has 1 amide bonds. The number of carbonyl (C=O) groups excluding carboxylic acids is 1. The molecule has 0 fully saturated rings. The highest BCUT2D eigenvalue weighted by atomic mass is 32.1. The molecule has 80 valence electrons. The van der Waals surface area contributed by atoms with Crippen LogP contribution in [0.15, 0.2) is 5.51 Å². The number of carbonyl (C=O) groups is 1. The van der Waals surface area contributed by atoms with Crippen LogP contribution >= 0.6 is 11.3 Å². The molecule has 0 aliphatic carbocycles. The molecule has 1 N–H and O–H groups in total. The van der Waals surface area contributed by atoms with Gasteiger partial charge in [0, 0.05) is 6.54 Å². The first kappa shape index (κ1) is 11.7. The van der Waals surface area contributed by atoms with E-state index in [-0.39, 0.29) is 5.91 Å². The van der Waals surface area contributed by atoms with Crippen molar-refractivity contribution in [1.29, 1.82) is 5.26 Å². The van der Waals surface area contributed by atoms with Crippen molar-refractivity contribution in [2.24, 2.45) is 5.41 Å². The predicted octanol–water partition coefficient (Wildman–Crippen LogP) is 1.73. The van der Waals surface area contributed by atoms with Crippen LogP contribution in [0.2, 0.25) is 0 Å². The Morgan fingerprint density at radius 1 is 1.73 bits per heavy atom. The number of thiazole rings is 1. The summed E-state index contributed by atoms with van der Waals surface area (Å²) in [6.07, 6.45) is 0. The van der Waals surface area contributed by atoms with Crippen molar-refractivity contribution in [1.82, 2.24) is 10.3 Å². The van der Waals surface area contributed by atoms with Crippen molar-refractivity contribution < 1.29 is 4.79 Å². The molecule has 1 aromatic rings. The third kappa shape index (κ3) is 3.03. The van der Waals surface area contributed by atoms with Crippen molar-refractivity contribution in [3.05, 3.63) is 16.1 Å².